The minimum Gasteiger partial charge on any atom is -0.256 e. The normalized spacial score (nSPS) is 19.0. The lowest BCUT2D eigenvalue weighted by atomic mass is 9.63. The summed E-state index contributed by atoms with van der Waals surface area (Å²) in [6, 6.07) is 18.2. The van der Waals surface area contributed by atoms with Crippen LogP contribution in [0.5, 0.6) is 0 Å². The van der Waals surface area contributed by atoms with E-state index < -0.39 is 0 Å². The zero-order valence-electron chi connectivity index (χ0n) is 18.8. The summed E-state index contributed by atoms with van der Waals surface area (Å²) in [7, 11) is 0. The van der Waals surface area contributed by atoms with E-state index >= 15 is 0 Å². The van der Waals surface area contributed by atoms with Gasteiger partial charge in [-0.2, -0.15) is 0 Å². The summed E-state index contributed by atoms with van der Waals surface area (Å²) in [6.07, 6.45) is 8.17. The van der Waals surface area contributed by atoms with E-state index in [1.165, 1.54) is 47.7 Å². The number of rotatable bonds is 4. The van der Waals surface area contributed by atoms with E-state index in [-0.39, 0.29) is 10.8 Å². The van der Waals surface area contributed by atoms with Crippen LogP contribution in [0.25, 0.3) is 10.9 Å². The Morgan fingerprint density at radius 3 is 2.52 bits per heavy atom. The van der Waals surface area contributed by atoms with Gasteiger partial charge in [-0.25, -0.2) is 0 Å². The molecule has 29 heavy (non-hydrogen) atoms. The van der Waals surface area contributed by atoms with Gasteiger partial charge < -0.3 is 0 Å². The van der Waals surface area contributed by atoms with Crippen LogP contribution in [0, 0.1) is 5.41 Å². The molecule has 0 amide bonds. The van der Waals surface area contributed by atoms with Crippen LogP contribution in [0.1, 0.15) is 82.1 Å². The van der Waals surface area contributed by atoms with Gasteiger partial charge >= 0.3 is 0 Å². The van der Waals surface area contributed by atoms with E-state index in [4.69, 9.17) is 4.98 Å². The van der Waals surface area contributed by atoms with Gasteiger partial charge in [-0.3, -0.25) is 4.98 Å². The third-order valence-electron chi connectivity index (χ3n) is 7.28. The molecule has 0 N–H and O–H groups in total. The van der Waals surface area contributed by atoms with Crippen molar-refractivity contribution in [3.05, 3.63) is 77.0 Å². The first-order valence-electron chi connectivity index (χ1n) is 11.3. The number of pyridine rings is 1. The molecule has 1 nitrogen and oxygen atoms in total. The first-order chi connectivity index (χ1) is 13.8. The minimum absolute atomic E-state index is 0.0987. The highest BCUT2D eigenvalue weighted by atomic mass is 14.7. The number of fused-ring (bicyclic) bond motifs is 2. The van der Waals surface area contributed by atoms with Gasteiger partial charge in [0, 0.05) is 11.6 Å². The van der Waals surface area contributed by atoms with Crippen molar-refractivity contribution in [1.82, 2.24) is 4.98 Å². The highest BCUT2D eigenvalue weighted by molar-refractivity contribution is 5.85. The monoisotopic (exact) mass is 385 g/mol. The number of para-hydroxylation sites is 1. The summed E-state index contributed by atoms with van der Waals surface area (Å²) in [5.41, 5.74) is 7.49. The molecular weight excluding hydrogens is 350 g/mol. The molecule has 0 radical (unpaired) electrons. The van der Waals surface area contributed by atoms with Crippen molar-refractivity contribution in [2.45, 2.75) is 78.1 Å². The molecule has 0 saturated heterocycles. The van der Waals surface area contributed by atoms with Gasteiger partial charge in [0.15, 0.2) is 0 Å². The Morgan fingerprint density at radius 2 is 1.76 bits per heavy atom. The summed E-state index contributed by atoms with van der Waals surface area (Å²) < 4.78 is 0. The number of aryl methyl sites for hydroxylation is 1. The number of benzene rings is 2. The zero-order valence-corrected chi connectivity index (χ0v) is 18.8. The van der Waals surface area contributed by atoms with Gasteiger partial charge in [-0.15, -0.1) is 0 Å². The van der Waals surface area contributed by atoms with Gasteiger partial charge in [0.05, 0.1) is 5.52 Å². The highest BCUT2D eigenvalue weighted by Gasteiger charge is 2.36. The fourth-order valence-electron chi connectivity index (χ4n) is 5.40. The Balaban J connectivity index is 1.78. The van der Waals surface area contributed by atoms with Gasteiger partial charge in [0.2, 0.25) is 0 Å². The van der Waals surface area contributed by atoms with Crippen LogP contribution in [0.3, 0.4) is 0 Å². The van der Waals surface area contributed by atoms with Crippen LogP contribution < -0.4 is 0 Å². The van der Waals surface area contributed by atoms with Crippen LogP contribution in [0.15, 0.2) is 54.7 Å². The molecule has 152 valence electrons. The second-order valence-corrected chi connectivity index (χ2v) is 10.2. The SMILES string of the molecule is CCC(C)(Cc1ccnc2c(C(C)(C)C)cccc12)C1CCCc2ccccc21. The molecule has 0 fully saturated rings. The first kappa shape index (κ1) is 20.1. The second kappa shape index (κ2) is 7.59. The maximum Gasteiger partial charge on any atom is 0.0742 e. The van der Waals surface area contributed by atoms with Crippen LogP contribution in [-0.2, 0) is 18.3 Å². The number of hydrogen-bond donors (Lipinski definition) is 0. The van der Waals surface area contributed by atoms with Gasteiger partial charge in [-0.05, 0) is 77.2 Å². The van der Waals surface area contributed by atoms with Crippen molar-refractivity contribution in [3.8, 4) is 0 Å². The van der Waals surface area contributed by atoms with E-state index in [0.717, 1.165) is 6.42 Å². The molecule has 1 heteroatoms. The maximum absolute atomic E-state index is 4.81. The molecule has 4 rings (SSSR count). The molecule has 2 atom stereocenters. The summed E-state index contributed by atoms with van der Waals surface area (Å²) >= 11 is 0. The molecule has 3 aromatic rings. The molecule has 2 aromatic carbocycles. The molecule has 2 unspecified atom stereocenters. The average Bonchev–Trinajstić information content (AvgIpc) is 2.72. The topological polar surface area (TPSA) is 12.9 Å². The molecular formula is C28H35N. The van der Waals surface area contributed by atoms with E-state index in [1.807, 2.05) is 6.20 Å². The van der Waals surface area contributed by atoms with E-state index in [9.17, 15) is 0 Å². The molecule has 0 spiro atoms. The van der Waals surface area contributed by atoms with E-state index in [0.29, 0.717) is 5.92 Å². The Labute approximate surface area is 176 Å². The van der Waals surface area contributed by atoms with Crippen LogP contribution >= 0.6 is 0 Å². The molecule has 0 aliphatic heterocycles. The van der Waals surface area contributed by atoms with Crippen LogP contribution in [0.4, 0.5) is 0 Å². The number of nitrogens with zero attached hydrogens (tertiary/aromatic N) is 1. The summed E-state index contributed by atoms with van der Waals surface area (Å²) in [6.45, 7) is 11.7. The molecule has 1 heterocycles. The van der Waals surface area contributed by atoms with E-state index in [2.05, 4.69) is 83.1 Å². The Bertz CT molecular complexity index is 1010. The van der Waals surface area contributed by atoms with E-state index in [1.54, 1.807) is 11.1 Å². The van der Waals surface area contributed by atoms with Crippen LogP contribution in [0.2, 0.25) is 0 Å². The van der Waals surface area contributed by atoms with Gasteiger partial charge in [0.25, 0.3) is 0 Å². The van der Waals surface area contributed by atoms with Crippen molar-refractivity contribution in [3.63, 3.8) is 0 Å². The number of hydrogen-bond acceptors (Lipinski definition) is 1. The molecule has 0 saturated carbocycles. The highest BCUT2D eigenvalue weighted by Crippen LogP contribution is 2.48. The quantitative estimate of drug-likeness (QED) is 0.450. The predicted octanol–water partition coefficient (Wildman–Crippen LogP) is 7.61. The molecule has 1 aromatic heterocycles. The minimum atomic E-state index is 0.0987. The van der Waals surface area contributed by atoms with Gasteiger partial charge in [0.1, 0.15) is 0 Å². The third-order valence-corrected chi connectivity index (χ3v) is 7.28. The van der Waals surface area contributed by atoms with Crippen LogP contribution in [-0.4, -0.2) is 4.98 Å². The van der Waals surface area contributed by atoms with Crippen molar-refractivity contribution in [1.29, 1.82) is 0 Å². The summed E-state index contributed by atoms with van der Waals surface area (Å²) in [4.78, 5) is 4.81. The Hall–Kier alpha value is -2.15. The Kier molecular flexibility index (Phi) is 5.27. The molecule has 0 bridgehead atoms. The lowest BCUT2D eigenvalue weighted by Crippen LogP contribution is -2.30. The standard InChI is InChI=1S/C28H35N/c1-6-28(5,24-15-9-12-20-11-7-8-13-22(20)24)19-21-17-18-29-26-23(21)14-10-16-25(26)27(2,3)4/h7-8,10-11,13-14,16-18,24H,6,9,12,15,19H2,1-5H3. The maximum atomic E-state index is 4.81. The lowest BCUT2D eigenvalue weighted by Gasteiger charge is -2.41. The third kappa shape index (κ3) is 3.72. The summed E-state index contributed by atoms with van der Waals surface area (Å²) in [5.74, 6) is 0.631. The molecule has 1 aliphatic rings. The largest absolute Gasteiger partial charge is 0.256 e. The molecule has 1 aliphatic carbocycles. The fraction of sp³-hybridized carbons (Fsp3) is 0.464. The predicted molar refractivity (Wildman–Crippen MR) is 125 cm³/mol. The van der Waals surface area contributed by atoms with Crippen molar-refractivity contribution >= 4 is 10.9 Å². The van der Waals surface area contributed by atoms with Crippen molar-refractivity contribution in [2.75, 3.05) is 0 Å². The Morgan fingerprint density at radius 1 is 0.966 bits per heavy atom. The van der Waals surface area contributed by atoms with Crippen molar-refractivity contribution in [2.24, 2.45) is 5.41 Å². The first-order valence-corrected chi connectivity index (χ1v) is 11.3. The second-order valence-electron chi connectivity index (χ2n) is 10.2. The van der Waals surface area contributed by atoms with Gasteiger partial charge in [-0.1, -0.05) is 77.1 Å². The number of aromatic nitrogens is 1. The van der Waals surface area contributed by atoms with Crippen molar-refractivity contribution < 1.29 is 0 Å². The fourth-order valence-corrected chi connectivity index (χ4v) is 5.40. The lowest BCUT2D eigenvalue weighted by molar-refractivity contribution is 0.218. The zero-order chi connectivity index (χ0) is 20.6. The summed E-state index contributed by atoms with van der Waals surface area (Å²) in [5, 5.41) is 1.34. The average molecular weight is 386 g/mol. The smallest absolute Gasteiger partial charge is 0.0742 e.